The third-order valence-corrected chi connectivity index (χ3v) is 2.32. The Kier molecular flexibility index (Phi) is 3.73. The van der Waals surface area contributed by atoms with E-state index in [0.29, 0.717) is 5.69 Å². The van der Waals surface area contributed by atoms with E-state index in [1.165, 1.54) is 19.1 Å². The van der Waals surface area contributed by atoms with Gasteiger partial charge in [0.25, 0.3) is 0 Å². The summed E-state index contributed by atoms with van der Waals surface area (Å²) in [4.78, 5) is 21.6. The summed E-state index contributed by atoms with van der Waals surface area (Å²) in [5.41, 5.74) is 5.74. The molecule has 1 atom stereocenters. The maximum absolute atomic E-state index is 11.0. The van der Waals surface area contributed by atoms with Gasteiger partial charge in [0, 0.05) is 5.69 Å². The van der Waals surface area contributed by atoms with Crippen molar-refractivity contribution < 1.29 is 14.7 Å². The lowest BCUT2D eigenvalue weighted by molar-refractivity contribution is -0.137. The molecule has 0 aliphatic rings. The number of nitrogens with two attached hydrogens (primary N) is 1. The van der Waals surface area contributed by atoms with E-state index >= 15 is 0 Å². The van der Waals surface area contributed by atoms with Crippen LogP contribution in [0, 0.1) is 0 Å². The molecule has 1 aromatic rings. The topological polar surface area (TPSA) is 92.4 Å². The van der Waals surface area contributed by atoms with Crippen LogP contribution in [-0.2, 0) is 4.79 Å². The van der Waals surface area contributed by atoms with Gasteiger partial charge in [-0.15, -0.1) is 0 Å². The molecule has 4 N–H and O–H groups in total. The van der Waals surface area contributed by atoms with Crippen molar-refractivity contribution in [1.82, 2.24) is 0 Å². The molecule has 1 amide bonds. The molecule has 0 aliphatic carbocycles. The number of rotatable bonds is 4. The SMILES string of the molecule is CC(Nc1ccc(Cl)c(C(N)=O)c1)C(=O)O. The predicted octanol–water partition coefficient (Wildman–Crippen LogP) is 1.32. The van der Waals surface area contributed by atoms with Crippen molar-refractivity contribution in [2.24, 2.45) is 5.73 Å². The Labute approximate surface area is 97.2 Å². The van der Waals surface area contributed by atoms with Gasteiger partial charge in [0.05, 0.1) is 10.6 Å². The molecule has 0 spiro atoms. The van der Waals surface area contributed by atoms with Crippen LogP contribution in [0.25, 0.3) is 0 Å². The van der Waals surface area contributed by atoms with Gasteiger partial charge in [0.15, 0.2) is 0 Å². The average Bonchev–Trinajstić information content (AvgIpc) is 2.20. The van der Waals surface area contributed by atoms with Gasteiger partial charge in [-0.05, 0) is 25.1 Å². The van der Waals surface area contributed by atoms with Gasteiger partial charge in [0.1, 0.15) is 6.04 Å². The molecule has 0 aromatic heterocycles. The molecule has 0 aliphatic heterocycles. The molecule has 0 saturated heterocycles. The Morgan fingerprint density at radius 1 is 1.50 bits per heavy atom. The van der Waals surface area contributed by atoms with E-state index in [-0.39, 0.29) is 10.6 Å². The molecular weight excluding hydrogens is 232 g/mol. The Balaban J connectivity index is 2.95. The van der Waals surface area contributed by atoms with Crippen molar-refractivity contribution in [3.05, 3.63) is 28.8 Å². The number of hydrogen-bond donors (Lipinski definition) is 3. The van der Waals surface area contributed by atoms with Crippen molar-refractivity contribution >= 4 is 29.2 Å². The molecule has 0 fully saturated rings. The number of carbonyl (C=O) groups excluding carboxylic acids is 1. The summed E-state index contributed by atoms with van der Waals surface area (Å²) in [6.45, 7) is 1.49. The zero-order valence-corrected chi connectivity index (χ0v) is 9.28. The number of anilines is 1. The van der Waals surface area contributed by atoms with Crippen molar-refractivity contribution in [3.63, 3.8) is 0 Å². The second kappa shape index (κ2) is 4.85. The number of carboxylic acids is 1. The lowest BCUT2D eigenvalue weighted by atomic mass is 10.2. The number of nitrogens with one attached hydrogen (secondary N) is 1. The molecule has 0 heterocycles. The van der Waals surface area contributed by atoms with Crippen LogP contribution < -0.4 is 11.1 Å². The standard InChI is InChI=1S/C10H11ClN2O3/c1-5(10(15)16)13-6-2-3-8(11)7(4-6)9(12)14/h2-5,13H,1H3,(H2,12,14)(H,15,16). The molecule has 6 heteroatoms. The first-order chi connectivity index (χ1) is 7.41. The minimum atomic E-state index is -0.990. The number of carboxylic acid groups (broad SMARTS) is 1. The van der Waals surface area contributed by atoms with Crippen LogP contribution in [0.1, 0.15) is 17.3 Å². The van der Waals surface area contributed by atoms with Crippen LogP contribution in [-0.4, -0.2) is 23.0 Å². The average molecular weight is 243 g/mol. The number of carbonyl (C=O) groups is 2. The van der Waals surface area contributed by atoms with Crippen LogP contribution in [0.2, 0.25) is 5.02 Å². The molecule has 86 valence electrons. The van der Waals surface area contributed by atoms with E-state index in [1.807, 2.05) is 0 Å². The highest BCUT2D eigenvalue weighted by Gasteiger charge is 2.12. The largest absolute Gasteiger partial charge is 0.480 e. The number of amides is 1. The van der Waals surface area contributed by atoms with Crippen molar-refractivity contribution in [2.75, 3.05) is 5.32 Å². The zero-order chi connectivity index (χ0) is 12.3. The van der Waals surface area contributed by atoms with Crippen LogP contribution in [0.5, 0.6) is 0 Å². The zero-order valence-electron chi connectivity index (χ0n) is 8.53. The van der Waals surface area contributed by atoms with Crippen LogP contribution in [0.4, 0.5) is 5.69 Å². The van der Waals surface area contributed by atoms with E-state index in [9.17, 15) is 9.59 Å². The minimum Gasteiger partial charge on any atom is -0.480 e. The van der Waals surface area contributed by atoms with Gasteiger partial charge in [-0.25, -0.2) is 0 Å². The first-order valence-corrected chi connectivity index (χ1v) is 4.88. The van der Waals surface area contributed by atoms with Crippen molar-refractivity contribution in [1.29, 1.82) is 0 Å². The van der Waals surface area contributed by atoms with Gasteiger partial charge in [-0.1, -0.05) is 11.6 Å². The molecule has 1 unspecified atom stereocenters. The summed E-state index contributed by atoms with van der Waals surface area (Å²) < 4.78 is 0. The molecule has 16 heavy (non-hydrogen) atoms. The van der Waals surface area contributed by atoms with Gasteiger partial charge in [-0.3, -0.25) is 9.59 Å². The molecular formula is C10H11ClN2O3. The molecule has 0 bridgehead atoms. The number of hydrogen-bond acceptors (Lipinski definition) is 3. The highest BCUT2D eigenvalue weighted by molar-refractivity contribution is 6.33. The lowest BCUT2D eigenvalue weighted by Gasteiger charge is -2.11. The Morgan fingerprint density at radius 3 is 2.62 bits per heavy atom. The highest BCUT2D eigenvalue weighted by atomic mass is 35.5. The molecule has 0 saturated carbocycles. The summed E-state index contributed by atoms with van der Waals surface area (Å²) in [5, 5.41) is 11.6. The summed E-state index contributed by atoms with van der Waals surface area (Å²) in [5.74, 6) is -1.65. The summed E-state index contributed by atoms with van der Waals surface area (Å²) in [6, 6.07) is 3.72. The third-order valence-electron chi connectivity index (χ3n) is 1.99. The number of halogens is 1. The second-order valence-corrected chi connectivity index (χ2v) is 3.67. The van der Waals surface area contributed by atoms with Crippen LogP contribution >= 0.6 is 11.6 Å². The van der Waals surface area contributed by atoms with Gasteiger partial charge in [-0.2, -0.15) is 0 Å². The lowest BCUT2D eigenvalue weighted by Crippen LogP contribution is -2.25. The van der Waals surface area contributed by atoms with Crippen LogP contribution in [0.15, 0.2) is 18.2 Å². The highest BCUT2D eigenvalue weighted by Crippen LogP contribution is 2.20. The normalized spacial score (nSPS) is 11.9. The first kappa shape index (κ1) is 12.3. The van der Waals surface area contributed by atoms with E-state index < -0.39 is 17.9 Å². The van der Waals surface area contributed by atoms with Crippen molar-refractivity contribution in [2.45, 2.75) is 13.0 Å². The fourth-order valence-corrected chi connectivity index (χ4v) is 1.33. The second-order valence-electron chi connectivity index (χ2n) is 3.26. The van der Waals surface area contributed by atoms with E-state index in [1.54, 1.807) is 6.07 Å². The van der Waals surface area contributed by atoms with Crippen molar-refractivity contribution in [3.8, 4) is 0 Å². The fourth-order valence-electron chi connectivity index (χ4n) is 1.12. The first-order valence-electron chi connectivity index (χ1n) is 4.50. The van der Waals surface area contributed by atoms with E-state index in [4.69, 9.17) is 22.4 Å². The number of aliphatic carboxylic acids is 1. The molecule has 0 radical (unpaired) electrons. The maximum atomic E-state index is 11.0. The molecule has 1 aromatic carbocycles. The summed E-state index contributed by atoms with van der Waals surface area (Å²) >= 11 is 5.75. The number of primary amides is 1. The fraction of sp³-hybridized carbons (Fsp3) is 0.200. The Hall–Kier alpha value is -1.75. The molecule has 1 rings (SSSR count). The van der Waals surface area contributed by atoms with Gasteiger partial charge < -0.3 is 16.2 Å². The Bertz CT molecular complexity index is 434. The predicted molar refractivity (Wildman–Crippen MR) is 60.7 cm³/mol. The molecule has 5 nitrogen and oxygen atoms in total. The third kappa shape index (κ3) is 2.87. The summed E-state index contributed by atoms with van der Waals surface area (Å²) in [7, 11) is 0. The Morgan fingerprint density at radius 2 is 2.12 bits per heavy atom. The smallest absolute Gasteiger partial charge is 0.325 e. The van der Waals surface area contributed by atoms with E-state index in [2.05, 4.69) is 5.32 Å². The maximum Gasteiger partial charge on any atom is 0.325 e. The summed E-state index contributed by atoms with van der Waals surface area (Å²) in [6.07, 6.45) is 0. The van der Waals surface area contributed by atoms with Gasteiger partial charge >= 0.3 is 5.97 Å². The van der Waals surface area contributed by atoms with Crippen LogP contribution in [0.3, 0.4) is 0 Å². The minimum absolute atomic E-state index is 0.157. The van der Waals surface area contributed by atoms with E-state index in [0.717, 1.165) is 0 Å². The number of benzene rings is 1. The quantitative estimate of drug-likeness (QED) is 0.743. The van der Waals surface area contributed by atoms with Gasteiger partial charge in [0.2, 0.25) is 5.91 Å². The monoisotopic (exact) mass is 242 g/mol.